The SMILES string of the molecule is Cc1ccc(Br)cc1NC(=O)C1CC=CCC1. The summed E-state index contributed by atoms with van der Waals surface area (Å²) in [5, 5.41) is 3.02. The van der Waals surface area contributed by atoms with Crippen LogP contribution in [-0.2, 0) is 4.79 Å². The molecule has 0 heterocycles. The molecule has 0 saturated carbocycles. The number of hydrogen-bond donors (Lipinski definition) is 1. The Morgan fingerprint density at radius 2 is 2.24 bits per heavy atom. The number of nitrogens with one attached hydrogen (secondary N) is 1. The molecule has 1 atom stereocenters. The number of halogens is 1. The van der Waals surface area contributed by atoms with E-state index in [1.54, 1.807) is 0 Å². The van der Waals surface area contributed by atoms with E-state index in [0.29, 0.717) is 0 Å². The fraction of sp³-hybridized carbons (Fsp3) is 0.357. The Labute approximate surface area is 110 Å². The number of allylic oxidation sites excluding steroid dienone is 2. The normalized spacial score (nSPS) is 19.1. The quantitative estimate of drug-likeness (QED) is 0.819. The minimum Gasteiger partial charge on any atom is -0.326 e. The van der Waals surface area contributed by atoms with Crippen LogP contribution in [0.25, 0.3) is 0 Å². The zero-order valence-electron chi connectivity index (χ0n) is 9.87. The summed E-state index contributed by atoms with van der Waals surface area (Å²) in [6.45, 7) is 2.00. The fourth-order valence-corrected chi connectivity index (χ4v) is 2.36. The average Bonchev–Trinajstić information content (AvgIpc) is 2.35. The van der Waals surface area contributed by atoms with Crippen LogP contribution in [0.2, 0.25) is 0 Å². The largest absolute Gasteiger partial charge is 0.326 e. The lowest BCUT2D eigenvalue weighted by atomic mass is 9.93. The van der Waals surface area contributed by atoms with E-state index in [-0.39, 0.29) is 11.8 Å². The lowest BCUT2D eigenvalue weighted by Gasteiger charge is -2.18. The minimum absolute atomic E-state index is 0.124. The number of carbonyl (C=O) groups is 1. The van der Waals surface area contributed by atoms with Gasteiger partial charge in [0.25, 0.3) is 0 Å². The second-order valence-corrected chi connectivity index (χ2v) is 5.35. The first-order valence-electron chi connectivity index (χ1n) is 5.89. The number of benzene rings is 1. The summed E-state index contributed by atoms with van der Waals surface area (Å²) in [5.41, 5.74) is 1.99. The van der Waals surface area contributed by atoms with Gasteiger partial charge in [-0.15, -0.1) is 0 Å². The van der Waals surface area contributed by atoms with Gasteiger partial charge in [0.1, 0.15) is 0 Å². The third-order valence-corrected chi connectivity index (χ3v) is 3.59. The van der Waals surface area contributed by atoms with Crippen LogP contribution in [0, 0.1) is 12.8 Å². The lowest BCUT2D eigenvalue weighted by molar-refractivity contribution is -0.120. The van der Waals surface area contributed by atoms with Crippen molar-refractivity contribution in [3.63, 3.8) is 0 Å². The molecule has 1 N–H and O–H groups in total. The standard InChI is InChI=1S/C14H16BrNO/c1-10-7-8-12(15)9-13(10)16-14(17)11-5-3-2-4-6-11/h2-3,7-9,11H,4-6H2,1H3,(H,16,17). The molecule has 3 heteroatoms. The van der Waals surface area contributed by atoms with Crippen LogP contribution in [0.5, 0.6) is 0 Å². The van der Waals surface area contributed by atoms with Crippen LogP contribution >= 0.6 is 15.9 Å². The van der Waals surface area contributed by atoms with Crippen molar-refractivity contribution in [1.82, 2.24) is 0 Å². The zero-order chi connectivity index (χ0) is 12.3. The van der Waals surface area contributed by atoms with Crippen LogP contribution in [0.1, 0.15) is 24.8 Å². The first-order valence-corrected chi connectivity index (χ1v) is 6.68. The van der Waals surface area contributed by atoms with Crippen molar-refractivity contribution in [3.8, 4) is 0 Å². The van der Waals surface area contributed by atoms with Crippen LogP contribution in [0.3, 0.4) is 0 Å². The van der Waals surface area contributed by atoms with Gasteiger partial charge in [-0.05, 0) is 43.9 Å². The monoisotopic (exact) mass is 293 g/mol. The predicted octanol–water partition coefficient (Wildman–Crippen LogP) is 4.05. The van der Waals surface area contributed by atoms with Gasteiger partial charge >= 0.3 is 0 Å². The second kappa shape index (κ2) is 5.50. The van der Waals surface area contributed by atoms with E-state index >= 15 is 0 Å². The molecule has 1 aromatic carbocycles. The molecule has 1 aliphatic rings. The van der Waals surface area contributed by atoms with Crippen molar-refractivity contribution in [1.29, 1.82) is 0 Å². The average molecular weight is 294 g/mol. The molecule has 0 aromatic heterocycles. The maximum Gasteiger partial charge on any atom is 0.227 e. The first-order chi connectivity index (χ1) is 8.16. The third-order valence-electron chi connectivity index (χ3n) is 3.10. The molecule has 0 bridgehead atoms. The number of rotatable bonds is 2. The van der Waals surface area contributed by atoms with Gasteiger partial charge in [0.2, 0.25) is 5.91 Å². The van der Waals surface area contributed by atoms with Crippen molar-refractivity contribution in [2.24, 2.45) is 5.92 Å². The summed E-state index contributed by atoms with van der Waals surface area (Å²) in [4.78, 5) is 12.1. The van der Waals surface area contributed by atoms with Gasteiger partial charge in [-0.2, -0.15) is 0 Å². The van der Waals surface area contributed by atoms with E-state index in [1.165, 1.54) is 0 Å². The van der Waals surface area contributed by atoms with E-state index in [1.807, 2.05) is 25.1 Å². The van der Waals surface area contributed by atoms with E-state index in [0.717, 1.165) is 35.0 Å². The van der Waals surface area contributed by atoms with Crippen molar-refractivity contribution < 1.29 is 4.79 Å². The fourth-order valence-electron chi connectivity index (χ4n) is 2.00. The summed E-state index contributed by atoms with van der Waals surface area (Å²) >= 11 is 3.42. The lowest BCUT2D eigenvalue weighted by Crippen LogP contribution is -2.23. The van der Waals surface area contributed by atoms with Crippen molar-refractivity contribution in [2.75, 3.05) is 5.32 Å². The van der Waals surface area contributed by atoms with Gasteiger partial charge in [-0.25, -0.2) is 0 Å². The van der Waals surface area contributed by atoms with Crippen molar-refractivity contribution in [3.05, 3.63) is 40.4 Å². The highest BCUT2D eigenvalue weighted by Gasteiger charge is 2.19. The van der Waals surface area contributed by atoms with Gasteiger partial charge < -0.3 is 5.32 Å². The summed E-state index contributed by atoms with van der Waals surface area (Å²) in [5.74, 6) is 0.258. The molecular formula is C14H16BrNO. The summed E-state index contributed by atoms with van der Waals surface area (Å²) in [7, 11) is 0. The summed E-state index contributed by atoms with van der Waals surface area (Å²) < 4.78 is 0.988. The highest BCUT2D eigenvalue weighted by Crippen LogP contribution is 2.24. The molecule has 0 radical (unpaired) electrons. The maximum atomic E-state index is 12.1. The van der Waals surface area contributed by atoms with Crippen molar-refractivity contribution >= 4 is 27.5 Å². The predicted molar refractivity (Wildman–Crippen MR) is 74.0 cm³/mol. The number of carbonyl (C=O) groups excluding carboxylic acids is 1. The smallest absolute Gasteiger partial charge is 0.227 e. The van der Waals surface area contributed by atoms with E-state index in [9.17, 15) is 4.79 Å². The molecule has 2 nitrogen and oxygen atoms in total. The number of hydrogen-bond acceptors (Lipinski definition) is 1. The van der Waals surface area contributed by atoms with Gasteiger partial charge in [0.05, 0.1) is 0 Å². The molecule has 0 spiro atoms. The van der Waals surface area contributed by atoms with Gasteiger partial charge in [0.15, 0.2) is 0 Å². The highest BCUT2D eigenvalue weighted by molar-refractivity contribution is 9.10. The third kappa shape index (κ3) is 3.19. The first kappa shape index (κ1) is 12.4. The molecule has 1 unspecified atom stereocenters. The summed E-state index contributed by atoms with van der Waals surface area (Å²) in [6.07, 6.45) is 7.07. The Bertz CT molecular complexity index is 454. The number of anilines is 1. The van der Waals surface area contributed by atoms with E-state index in [4.69, 9.17) is 0 Å². The minimum atomic E-state index is 0.124. The molecular weight excluding hydrogens is 278 g/mol. The Balaban J connectivity index is 2.07. The Morgan fingerprint density at radius 3 is 2.94 bits per heavy atom. The zero-order valence-corrected chi connectivity index (χ0v) is 11.5. The Morgan fingerprint density at radius 1 is 1.41 bits per heavy atom. The number of amides is 1. The highest BCUT2D eigenvalue weighted by atomic mass is 79.9. The van der Waals surface area contributed by atoms with Crippen LogP contribution in [0.4, 0.5) is 5.69 Å². The van der Waals surface area contributed by atoms with Gasteiger partial charge in [-0.3, -0.25) is 4.79 Å². The molecule has 1 aliphatic carbocycles. The van der Waals surface area contributed by atoms with Crippen LogP contribution in [-0.4, -0.2) is 5.91 Å². The van der Waals surface area contributed by atoms with Gasteiger partial charge in [0, 0.05) is 16.1 Å². The molecule has 1 aromatic rings. The van der Waals surface area contributed by atoms with Crippen LogP contribution < -0.4 is 5.32 Å². The molecule has 1 amide bonds. The van der Waals surface area contributed by atoms with Crippen LogP contribution in [0.15, 0.2) is 34.8 Å². The van der Waals surface area contributed by atoms with Gasteiger partial charge in [-0.1, -0.05) is 34.1 Å². The molecule has 0 fully saturated rings. The Kier molecular flexibility index (Phi) is 4.00. The summed E-state index contributed by atoms with van der Waals surface area (Å²) in [6, 6.07) is 5.93. The molecule has 2 rings (SSSR count). The molecule has 17 heavy (non-hydrogen) atoms. The number of aryl methyl sites for hydroxylation is 1. The molecule has 0 aliphatic heterocycles. The van der Waals surface area contributed by atoms with E-state index in [2.05, 4.69) is 33.4 Å². The second-order valence-electron chi connectivity index (χ2n) is 4.43. The topological polar surface area (TPSA) is 29.1 Å². The maximum absolute atomic E-state index is 12.1. The van der Waals surface area contributed by atoms with Crippen molar-refractivity contribution in [2.45, 2.75) is 26.2 Å². The Hall–Kier alpha value is -1.09. The van der Waals surface area contributed by atoms with E-state index < -0.39 is 0 Å². The molecule has 0 saturated heterocycles. The molecule has 90 valence electrons.